The monoisotopic (exact) mass is 275 g/mol. The Balaban J connectivity index is 1.88. The summed E-state index contributed by atoms with van der Waals surface area (Å²) >= 11 is 0. The van der Waals surface area contributed by atoms with Gasteiger partial charge < -0.3 is 10.1 Å². The lowest BCUT2D eigenvalue weighted by Gasteiger charge is -2.28. The first kappa shape index (κ1) is 15.4. The van der Waals surface area contributed by atoms with Crippen molar-refractivity contribution in [2.24, 2.45) is 11.8 Å². The van der Waals surface area contributed by atoms with Gasteiger partial charge in [0.15, 0.2) is 0 Å². The van der Waals surface area contributed by atoms with Crippen molar-refractivity contribution in [2.45, 2.75) is 59.0 Å². The van der Waals surface area contributed by atoms with E-state index in [0.29, 0.717) is 12.0 Å². The highest BCUT2D eigenvalue weighted by Crippen LogP contribution is 2.25. The quantitative estimate of drug-likeness (QED) is 0.831. The van der Waals surface area contributed by atoms with E-state index in [-0.39, 0.29) is 0 Å². The summed E-state index contributed by atoms with van der Waals surface area (Å²) in [5.74, 6) is 2.47. The van der Waals surface area contributed by atoms with Crippen LogP contribution in [0.2, 0.25) is 0 Å². The van der Waals surface area contributed by atoms with Gasteiger partial charge in [0.05, 0.1) is 6.61 Å². The maximum Gasteiger partial charge on any atom is 0.123 e. The van der Waals surface area contributed by atoms with Gasteiger partial charge in [0, 0.05) is 18.2 Å². The number of hydrogen-bond donors (Lipinski definition) is 1. The molecule has 1 aliphatic carbocycles. The fourth-order valence-corrected chi connectivity index (χ4v) is 2.92. The molecule has 0 amide bonds. The molecule has 2 unspecified atom stereocenters. The Morgan fingerprint density at radius 2 is 2.05 bits per heavy atom. The van der Waals surface area contributed by atoms with E-state index in [1.54, 1.807) is 0 Å². The van der Waals surface area contributed by atoms with Gasteiger partial charge >= 0.3 is 0 Å². The van der Waals surface area contributed by atoms with E-state index < -0.39 is 0 Å². The summed E-state index contributed by atoms with van der Waals surface area (Å²) in [6, 6.07) is 9.10. The highest BCUT2D eigenvalue weighted by atomic mass is 16.5. The molecule has 1 fully saturated rings. The van der Waals surface area contributed by atoms with E-state index in [1.807, 2.05) is 0 Å². The van der Waals surface area contributed by atoms with Gasteiger partial charge in [-0.2, -0.15) is 0 Å². The lowest BCUT2D eigenvalue weighted by molar-refractivity contribution is 0.265. The highest BCUT2D eigenvalue weighted by molar-refractivity contribution is 5.33. The molecule has 0 aromatic heterocycles. The molecule has 112 valence electrons. The average Bonchev–Trinajstić information content (AvgIpc) is 2.44. The van der Waals surface area contributed by atoms with Gasteiger partial charge in [0.2, 0.25) is 0 Å². The molecule has 1 aromatic carbocycles. The molecule has 2 rings (SSSR count). The minimum atomic E-state index is 0.565. The molecule has 1 N–H and O–H groups in total. The van der Waals surface area contributed by atoms with Crippen LogP contribution in [0.15, 0.2) is 24.3 Å². The predicted molar refractivity (Wildman–Crippen MR) is 85.0 cm³/mol. The third kappa shape index (κ3) is 4.82. The molecule has 1 aromatic rings. The van der Waals surface area contributed by atoms with Crippen LogP contribution in [0.4, 0.5) is 0 Å². The predicted octanol–water partition coefficient (Wildman–Crippen LogP) is 4.39. The summed E-state index contributed by atoms with van der Waals surface area (Å²) in [4.78, 5) is 0. The van der Waals surface area contributed by atoms with E-state index in [9.17, 15) is 0 Å². The standard InChI is InChI=1S/C18H29NO/c1-14(2)13-20-18-10-5-4-8-16(18)12-19-17-9-6-7-15(3)11-17/h4-5,8,10,14-15,17,19H,6-7,9,11-13H2,1-3H3. The summed E-state index contributed by atoms with van der Waals surface area (Å²) < 4.78 is 5.92. The van der Waals surface area contributed by atoms with Crippen LogP contribution in [0.25, 0.3) is 0 Å². The van der Waals surface area contributed by atoms with Crippen molar-refractivity contribution in [3.8, 4) is 5.75 Å². The normalized spacial score (nSPS) is 23.0. The Bertz CT molecular complexity index is 402. The van der Waals surface area contributed by atoms with Crippen LogP contribution in [0, 0.1) is 11.8 Å². The molecule has 1 saturated carbocycles. The molecule has 0 bridgehead atoms. The summed E-state index contributed by atoms with van der Waals surface area (Å²) in [6.45, 7) is 8.45. The molecule has 0 heterocycles. The second kappa shape index (κ2) is 7.68. The topological polar surface area (TPSA) is 21.3 Å². The van der Waals surface area contributed by atoms with E-state index in [2.05, 4.69) is 50.4 Å². The minimum Gasteiger partial charge on any atom is -0.493 e. The number of ether oxygens (including phenoxy) is 1. The summed E-state index contributed by atoms with van der Waals surface area (Å²) in [5.41, 5.74) is 1.28. The van der Waals surface area contributed by atoms with Crippen molar-refractivity contribution in [3.05, 3.63) is 29.8 Å². The Morgan fingerprint density at radius 1 is 1.25 bits per heavy atom. The molecule has 2 atom stereocenters. The zero-order chi connectivity index (χ0) is 14.4. The highest BCUT2D eigenvalue weighted by Gasteiger charge is 2.18. The maximum absolute atomic E-state index is 5.92. The van der Waals surface area contributed by atoms with Gasteiger partial charge in [0.25, 0.3) is 0 Å². The fraction of sp³-hybridized carbons (Fsp3) is 0.667. The van der Waals surface area contributed by atoms with Gasteiger partial charge in [-0.3, -0.25) is 0 Å². The van der Waals surface area contributed by atoms with E-state index in [4.69, 9.17) is 4.74 Å². The summed E-state index contributed by atoms with van der Waals surface area (Å²) in [5, 5.41) is 3.72. The van der Waals surface area contributed by atoms with Crippen LogP contribution in [-0.2, 0) is 6.54 Å². The van der Waals surface area contributed by atoms with Gasteiger partial charge in [-0.25, -0.2) is 0 Å². The van der Waals surface area contributed by atoms with E-state index >= 15 is 0 Å². The minimum absolute atomic E-state index is 0.565. The lowest BCUT2D eigenvalue weighted by atomic mass is 9.87. The number of rotatable bonds is 6. The fourth-order valence-electron chi connectivity index (χ4n) is 2.92. The van der Waals surface area contributed by atoms with E-state index in [1.165, 1.54) is 31.2 Å². The molecule has 1 aliphatic rings. The molecule has 0 saturated heterocycles. The molecule has 0 spiro atoms. The molecule has 20 heavy (non-hydrogen) atoms. The molecular formula is C18H29NO. The molecular weight excluding hydrogens is 246 g/mol. The van der Waals surface area contributed by atoms with Gasteiger partial charge in [0.1, 0.15) is 5.75 Å². The van der Waals surface area contributed by atoms with E-state index in [0.717, 1.165) is 24.8 Å². The first-order chi connectivity index (χ1) is 9.65. The second-order valence-electron chi connectivity index (χ2n) is 6.66. The van der Waals surface area contributed by atoms with Crippen LogP contribution >= 0.6 is 0 Å². The van der Waals surface area contributed by atoms with Crippen molar-refractivity contribution >= 4 is 0 Å². The molecule has 2 heteroatoms. The van der Waals surface area contributed by atoms with Gasteiger partial charge in [-0.1, -0.05) is 51.8 Å². The number of para-hydroxylation sites is 1. The summed E-state index contributed by atoms with van der Waals surface area (Å²) in [7, 11) is 0. The van der Waals surface area contributed by atoms with Crippen molar-refractivity contribution in [1.29, 1.82) is 0 Å². The average molecular weight is 275 g/mol. The van der Waals surface area contributed by atoms with Gasteiger partial charge in [-0.05, 0) is 30.7 Å². The zero-order valence-electron chi connectivity index (χ0n) is 13.2. The van der Waals surface area contributed by atoms with Crippen LogP contribution in [0.5, 0.6) is 5.75 Å². The van der Waals surface area contributed by atoms with Crippen LogP contribution in [0.3, 0.4) is 0 Å². The molecule has 0 radical (unpaired) electrons. The van der Waals surface area contributed by atoms with Crippen molar-refractivity contribution in [2.75, 3.05) is 6.61 Å². The number of nitrogens with one attached hydrogen (secondary N) is 1. The van der Waals surface area contributed by atoms with Crippen molar-refractivity contribution in [1.82, 2.24) is 5.32 Å². The molecule has 0 aliphatic heterocycles. The van der Waals surface area contributed by atoms with Crippen molar-refractivity contribution in [3.63, 3.8) is 0 Å². The SMILES string of the molecule is CC(C)COc1ccccc1CNC1CCCC(C)C1. The lowest BCUT2D eigenvalue weighted by Crippen LogP contribution is -2.33. The Labute approximate surface area is 123 Å². The number of hydrogen-bond acceptors (Lipinski definition) is 2. The Hall–Kier alpha value is -1.02. The van der Waals surface area contributed by atoms with Crippen molar-refractivity contribution < 1.29 is 4.74 Å². The number of benzene rings is 1. The first-order valence-corrected chi connectivity index (χ1v) is 8.09. The molecule has 2 nitrogen and oxygen atoms in total. The van der Waals surface area contributed by atoms with Crippen LogP contribution < -0.4 is 10.1 Å². The zero-order valence-corrected chi connectivity index (χ0v) is 13.2. The first-order valence-electron chi connectivity index (χ1n) is 8.09. The second-order valence-corrected chi connectivity index (χ2v) is 6.66. The maximum atomic E-state index is 5.92. The van der Waals surface area contributed by atoms with Crippen LogP contribution in [0.1, 0.15) is 52.0 Å². The third-order valence-corrected chi connectivity index (χ3v) is 4.06. The Kier molecular flexibility index (Phi) is 5.90. The van der Waals surface area contributed by atoms with Gasteiger partial charge in [-0.15, -0.1) is 0 Å². The summed E-state index contributed by atoms with van der Waals surface area (Å²) in [6.07, 6.45) is 5.39. The van der Waals surface area contributed by atoms with Crippen LogP contribution in [-0.4, -0.2) is 12.6 Å². The third-order valence-electron chi connectivity index (χ3n) is 4.06. The smallest absolute Gasteiger partial charge is 0.123 e. The largest absolute Gasteiger partial charge is 0.493 e. The Morgan fingerprint density at radius 3 is 2.80 bits per heavy atom.